The van der Waals surface area contributed by atoms with Crippen LogP contribution in [0.1, 0.15) is 5.56 Å². The minimum Gasteiger partial charge on any atom is -0.358 e. The van der Waals surface area contributed by atoms with Gasteiger partial charge in [-0.15, -0.1) is 0 Å². The van der Waals surface area contributed by atoms with Crippen molar-refractivity contribution in [2.45, 2.75) is 6.54 Å². The number of benzene rings is 1. The molecule has 0 aliphatic heterocycles. The molecule has 5 nitrogen and oxygen atoms in total. The van der Waals surface area contributed by atoms with Crippen molar-refractivity contribution in [3.05, 3.63) is 57.8 Å². The number of hydrogen-bond acceptors (Lipinski definition) is 3. The predicted octanol–water partition coefficient (Wildman–Crippen LogP) is 2.12. The maximum Gasteiger partial charge on any atom is 0.389 e. The van der Waals surface area contributed by atoms with Crippen LogP contribution in [0.25, 0.3) is 0 Å². The number of nitro groups is 1. The molecule has 0 N–H and O–H groups in total. The highest BCUT2D eigenvalue weighted by Crippen LogP contribution is 2.11. The minimum absolute atomic E-state index is 0.144. The number of hydrogen-bond donors (Lipinski definition) is 0. The van der Waals surface area contributed by atoms with Crippen LogP contribution in [0.2, 0.25) is 0 Å². The average Bonchev–Trinajstić information content (AvgIpc) is 2.72. The summed E-state index contributed by atoms with van der Waals surface area (Å²) in [5, 5.41) is 14.0. The normalized spacial score (nSPS) is 10.5. The van der Waals surface area contributed by atoms with E-state index >= 15 is 0 Å². The van der Waals surface area contributed by atoms with Crippen LogP contribution in [0.5, 0.6) is 0 Å². The van der Waals surface area contributed by atoms with Crippen molar-refractivity contribution < 1.29 is 13.7 Å². The molecule has 88 valence electrons. The second-order valence-corrected chi connectivity index (χ2v) is 3.38. The monoisotopic (exact) mass is 239 g/mol. The third kappa shape index (κ3) is 2.44. The first kappa shape index (κ1) is 11.2. The first-order valence-corrected chi connectivity index (χ1v) is 4.68. The molecule has 1 aromatic carbocycles. The highest BCUT2D eigenvalue weighted by molar-refractivity contribution is 5.19. The quantitative estimate of drug-likeness (QED) is 0.608. The van der Waals surface area contributed by atoms with Gasteiger partial charge in [-0.3, -0.25) is 0 Å². The fraction of sp³-hybridized carbons (Fsp3) is 0.100. The van der Waals surface area contributed by atoms with Gasteiger partial charge in [-0.25, -0.2) is 8.78 Å². The molecule has 7 heteroatoms. The molecule has 0 aliphatic carbocycles. The summed E-state index contributed by atoms with van der Waals surface area (Å²) in [5.74, 6) is -2.17. The smallest absolute Gasteiger partial charge is 0.358 e. The lowest BCUT2D eigenvalue weighted by Gasteiger charge is -1.99. The standard InChI is InChI=1S/C10H7F2N3O2/c11-8-2-1-7(5-9(8)12)6-14-4-3-10(13-14)15(16)17/h1-5H,6H2. The number of aromatic nitrogens is 2. The Morgan fingerprint density at radius 2 is 2.06 bits per heavy atom. The van der Waals surface area contributed by atoms with E-state index in [-0.39, 0.29) is 12.4 Å². The van der Waals surface area contributed by atoms with Crippen molar-refractivity contribution in [3.8, 4) is 0 Å². The molecule has 1 heterocycles. The van der Waals surface area contributed by atoms with Gasteiger partial charge in [0.1, 0.15) is 0 Å². The van der Waals surface area contributed by atoms with E-state index in [1.54, 1.807) is 0 Å². The maximum absolute atomic E-state index is 12.9. The van der Waals surface area contributed by atoms with Gasteiger partial charge < -0.3 is 10.1 Å². The van der Waals surface area contributed by atoms with Gasteiger partial charge in [0.25, 0.3) is 0 Å². The molecule has 0 spiro atoms. The summed E-state index contributed by atoms with van der Waals surface area (Å²) >= 11 is 0. The van der Waals surface area contributed by atoms with Crippen molar-refractivity contribution in [1.82, 2.24) is 9.78 Å². The van der Waals surface area contributed by atoms with Gasteiger partial charge in [-0.05, 0) is 22.6 Å². The summed E-state index contributed by atoms with van der Waals surface area (Å²) in [6.45, 7) is 0.144. The van der Waals surface area contributed by atoms with Gasteiger partial charge in [-0.1, -0.05) is 6.07 Å². The van der Waals surface area contributed by atoms with Crippen molar-refractivity contribution in [2.75, 3.05) is 0 Å². The first-order valence-electron chi connectivity index (χ1n) is 4.68. The van der Waals surface area contributed by atoms with E-state index in [1.807, 2.05) is 0 Å². The Kier molecular flexibility index (Phi) is 2.82. The second kappa shape index (κ2) is 4.28. The Balaban J connectivity index is 2.19. The lowest BCUT2D eigenvalue weighted by molar-refractivity contribution is -0.389. The Morgan fingerprint density at radius 3 is 2.65 bits per heavy atom. The third-order valence-corrected chi connectivity index (χ3v) is 2.14. The lowest BCUT2D eigenvalue weighted by atomic mass is 10.2. The zero-order valence-corrected chi connectivity index (χ0v) is 8.51. The van der Waals surface area contributed by atoms with E-state index in [1.165, 1.54) is 23.0 Å². The van der Waals surface area contributed by atoms with Crippen LogP contribution >= 0.6 is 0 Å². The lowest BCUT2D eigenvalue weighted by Crippen LogP contribution is -2.02. The van der Waals surface area contributed by atoms with E-state index in [9.17, 15) is 18.9 Å². The van der Waals surface area contributed by atoms with Gasteiger partial charge >= 0.3 is 5.82 Å². The molecular formula is C10H7F2N3O2. The van der Waals surface area contributed by atoms with Crippen LogP contribution in [0.4, 0.5) is 14.6 Å². The van der Waals surface area contributed by atoms with E-state index in [0.717, 1.165) is 12.1 Å². The maximum atomic E-state index is 12.9. The molecule has 0 radical (unpaired) electrons. The Hall–Kier alpha value is -2.31. The van der Waals surface area contributed by atoms with Crippen LogP contribution in [-0.2, 0) is 6.54 Å². The molecule has 0 amide bonds. The largest absolute Gasteiger partial charge is 0.389 e. The zero-order chi connectivity index (χ0) is 12.4. The summed E-state index contributed by atoms with van der Waals surface area (Å²) in [5.41, 5.74) is 0.474. The van der Waals surface area contributed by atoms with E-state index in [4.69, 9.17) is 0 Å². The van der Waals surface area contributed by atoms with E-state index in [0.29, 0.717) is 5.56 Å². The van der Waals surface area contributed by atoms with Crippen LogP contribution in [-0.4, -0.2) is 14.7 Å². The molecule has 2 aromatic rings. The van der Waals surface area contributed by atoms with Crippen molar-refractivity contribution in [1.29, 1.82) is 0 Å². The molecule has 0 saturated carbocycles. The summed E-state index contributed by atoms with van der Waals surface area (Å²) < 4.78 is 26.8. The van der Waals surface area contributed by atoms with Gasteiger partial charge in [0.2, 0.25) is 0 Å². The molecule has 0 fully saturated rings. The number of nitrogens with zero attached hydrogens (tertiary/aromatic N) is 3. The van der Waals surface area contributed by atoms with Gasteiger partial charge in [0.15, 0.2) is 11.6 Å². The van der Waals surface area contributed by atoms with Crippen molar-refractivity contribution >= 4 is 5.82 Å². The van der Waals surface area contributed by atoms with Gasteiger partial charge in [0, 0.05) is 0 Å². The highest BCUT2D eigenvalue weighted by atomic mass is 19.2. The Bertz CT molecular complexity index is 568. The fourth-order valence-electron chi connectivity index (χ4n) is 1.36. The molecular weight excluding hydrogens is 232 g/mol. The molecule has 0 aliphatic rings. The van der Waals surface area contributed by atoms with Crippen LogP contribution in [0.15, 0.2) is 30.5 Å². The zero-order valence-electron chi connectivity index (χ0n) is 8.51. The third-order valence-electron chi connectivity index (χ3n) is 2.14. The molecule has 2 rings (SSSR count). The van der Waals surface area contributed by atoms with Crippen LogP contribution in [0, 0.1) is 21.7 Å². The summed E-state index contributed by atoms with van der Waals surface area (Å²) in [6.07, 6.45) is 1.40. The summed E-state index contributed by atoms with van der Waals surface area (Å²) in [4.78, 5) is 9.76. The Morgan fingerprint density at radius 1 is 1.29 bits per heavy atom. The fourth-order valence-corrected chi connectivity index (χ4v) is 1.36. The molecule has 0 bridgehead atoms. The molecule has 0 atom stereocenters. The molecule has 0 unspecified atom stereocenters. The Labute approximate surface area is 94.4 Å². The molecule has 1 aromatic heterocycles. The van der Waals surface area contributed by atoms with Crippen molar-refractivity contribution in [3.63, 3.8) is 0 Å². The number of halogens is 2. The number of rotatable bonds is 3. The van der Waals surface area contributed by atoms with E-state index in [2.05, 4.69) is 5.10 Å². The van der Waals surface area contributed by atoms with Gasteiger partial charge in [0.05, 0.1) is 23.9 Å². The van der Waals surface area contributed by atoms with Crippen LogP contribution in [0.3, 0.4) is 0 Å². The average molecular weight is 239 g/mol. The van der Waals surface area contributed by atoms with Crippen LogP contribution < -0.4 is 0 Å². The van der Waals surface area contributed by atoms with E-state index < -0.39 is 16.6 Å². The second-order valence-electron chi connectivity index (χ2n) is 3.38. The van der Waals surface area contributed by atoms with Crippen molar-refractivity contribution in [2.24, 2.45) is 0 Å². The summed E-state index contributed by atoms with van der Waals surface area (Å²) in [7, 11) is 0. The molecule has 0 saturated heterocycles. The van der Waals surface area contributed by atoms with Gasteiger partial charge in [-0.2, -0.15) is 4.68 Å². The highest BCUT2D eigenvalue weighted by Gasteiger charge is 2.11. The topological polar surface area (TPSA) is 61.0 Å². The molecule has 17 heavy (non-hydrogen) atoms. The summed E-state index contributed by atoms with van der Waals surface area (Å²) in [6, 6.07) is 4.66. The SMILES string of the molecule is O=[N+]([O-])c1ccn(Cc2ccc(F)c(F)c2)n1. The minimum atomic E-state index is -0.954. The first-order chi connectivity index (χ1) is 8.06. The predicted molar refractivity (Wildman–Crippen MR) is 54.3 cm³/mol.